The second kappa shape index (κ2) is 9.56. The SMILES string of the molecule is CCCCC(=O)NCC(c1ccc(OCC)cc1)N1CCCC1. The summed E-state index contributed by atoms with van der Waals surface area (Å²) in [5.41, 5.74) is 1.26. The lowest BCUT2D eigenvalue weighted by Crippen LogP contribution is -2.36. The van der Waals surface area contributed by atoms with E-state index in [4.69, 9.17) is 4.74 Å². The van der Waals surface area contributed by atoms with Gasteiger partial charge in [-0.1, -0.05) is 25.5 Å². The van der Waals surface area contributed by atoms with Crippen LogP contribution in [0.1, 0.15) is 57.6 Å². The van der Waals surface area contributed by atoms with Crippen molar-refractivity contribution in [1.29, 1.82) is 0 Å². The number of nitrogens with one attached hydrogen (secondary N) is 1. The van der Waals surface area contributed by atoms with Gasteiger partial charge in [0.15, 0.2) is 0 Å². The molecule has 0 bridgehead atoms. The first-order chi connectivity index (χ1) is 11.2. The topological polar surface area (TPSA) is 41.6 Å². The van der Waals surface area contributed by atoms with E-state index in [-0.39, 0.29) is 11.9 Å². The molecule has 1 unspecified atom stereocenters. The summed E-state index contributed by atoms with van der Waals surface area (Å²) in [4.78, 5) is 14.4. The molecular formula is C19H30N2O2. The van der Waals surface area contributed by atoms with Gasteiger partial charge in [0.1, 0.15) is 5.75 Å². The number of carbonyl (C=O) groups is 1. The summed E-state index contributed by atoms with van der Waals surface area (Å²) in [6.07, 6.45) is 5.15. The van der Waals surface area contributed by atoms with E-state index in [0.29, 0.717) is 19.6 Å². The molecule has 23 heavy (non-hydrogen) atoms. The highest BCUT2D eigenvalue weighted by molar-refractivity contribution is 5.75. The van der Waals surface area contributed by atoms with E-state index in [0.717, 1.165) is 31.7 Å². The van der Waals surface area contributed by atoms with Gasteiger partial charge in [-0.2, -0.15) is 0 Å². The van der Waals surface area contributed by atoms with Gasteiger partial charge in [-0.25, -0.2) is 0 Å². The van der Waals surface area contributed by atoms with Crippen molar-refractivity contribution in [3.63, 3.8) is 0 Å². The molecular weight excluding hydrogens is 288 g/mol. The Kier molecular flexibility index (Phi) is 7.40. The standard InChI is InChI=1S/C19H30N2O2/c1-3-5-8-19(22)20-15-18(21-13-6-7-14-21)16-9-11-17(12-10-16)23-4-2/h9-12,18H,3-8,13-15H2,1-2H3,(H,20,22). The van der Waals surface area contributed by atoms with Gasteiger partial charge < -0.3 is 10.1 Å². The van der Waals surface area contributed by atoms with Crippen molar-refractivity contribution in [3.05, 3.63) is 29.8 Å². The quantitative estimate of drug-likeness (QED) is 0.757. The van der Waals surface area contributed by atoms with Crippen molar-refractivity contribution in [1.82, 2.24) is 10.2 Å². The molecule has 1 aliphatic rings. The van der Waals surface area contributed by atoms with Crippen molar-refractivity contribution in [2.75, 3.05) is 26.2 Å². The number of carbonyl (C=O) groups excluding carboxylic acids is 1. The predicted molar refractivity (Wildman–Crippen MR) is 93.7 cm³/mol. The average molecular weight is 318 g/mol. The zero-order chi connectivity index (χ0) is 16.5. The predicted octanol–water partition coefficient (Wildman–Crippen LogP) is 3.53. The van der Waals surface area contributed by atoms with Crippen LogP contribution in [0.3, 0.4) is 0 Å². The summed E-state index contributed by atoms with van der Waals surface area (Å²) in [7, 11) is 0. The van der Waals surface area contributed by atoms with Crippen LogP contribution in [-0.2, 0) is 4.79 Å². The minimum absolute atomic E-state index is 0.169. The van der Waals surface area contributed by atoms with E-state index < -0.39 is 0 Å². The third-order valence-electron chi connectivity index (χ3n) is 4.41. The molecule has 1 heterocycles. The molecule has 1 fully saturated rings. The van der Waals surface area contributed by atoms with Crippen molar-refractivity contribution in [2.45, 2.75) is 52.0 Å². The van der Waals surface area contributed by atoms with Crippen LogP contribution in [0.4, 0.5) is 0 Å². The zero-order valence-electron chi connectivity index (χ0n) is 14.5. The Bertz CT molecular complexity index is 467. The van der Waals surface area contributed by atoms with E-state index in [9.17, 15) is 4.79 Å². The fraction of sp³-hybridized carbons (Fsp3) is 0.632. The van der Waals surface area contributed by atoms with Crippen LogP contribution < -0.4 is 10.1 Å². The highest BCUT2D eigenvalue weighted by Gasteiger charge is 2.23. The first-order valence-electron chi connectivity index (χ1n) is 8.98. The molecule has 1 saturated heterocycles. The van der Waals surface area contributed by atoms with E-state index in [1.807, 2.05) is 19.1 Å². The monoisotopic (exact) mass is 318 g/mol. The Morgan fingerprint density at radius 2 is 1.91 bits per heavy atom. The van der Waals surface area contributed by atoms with E-state index in [2.05, 4.69) is 29.3 Å². The lowest BCUT2D eigenvalue weighted by atomic mass is 10.0. The van der Waals surface area contributed by atoms with Crippen LogP contribution in [-0.4, -0.2) is 37.0 Å². The van der Waals surface area contributed by atoms with Crippen molar-refractivity contribution < 1.29 is 9.53 Å². The lowest BCUT2D eigenvalue weighted by molar-refractivity contribution is -0.121. The number of benzene rings is 1. The Hall–Kier alpha value is -1.55. The molecule has 1 N–H and O–H groups in total. The molecule has 4 nitrogen and oxygen atoms in total. The molecule has 2 rings (SSSR count). The smallest absolute Gasteiger partial charge is 0.220 e. The van der Waals surface area contributed by atoms with Crippen LogP contribution in [0.2, 0.25) is 0 Å². The summed E-state index contributed by atoms with van der Waals surface area (Å²) in [6, 6.07) is 8.58. The molecule has 128 valence electrons. The number of amides is 1. The minimum atomic E-state index is 0.169. The molecule has 0 aromatic heterocycles. The van der Waals surface area contributed by atoms with Crippen molar-refractivity contribution in [2.24, 2.45) is 0 Å². The maximum absolute atomic E-state index is 11.9. The molecule has 4 heteroatoms. The first kappa shape index (κ1) is 17.8. The summed E-state index contributed by atoms with van der Waals surface area (Å²) in [5.74, 6) is 1.07. The Morgan fingerprint density at radius 3 is 2.52 bits per heavy atom. The van der Waals surface area contributed by atoms with E-state index in [1.165, 1.54) is 18.4 Å². The zero-order valence-corrected chi connectivity index (χ0v) is 14.5. The van der Waals surface area contributed by atoms with Gasteiger partial charge in [0, 0.05) is 13.0 Å². The normalized spacial score (nSPS) is 16.3. The number of likely N-dealkylation sites (tertiary alicyclic amines) is 1. The number of unbranched alkanes of at least 4 members (excludes halogenated alkanes) is 1. The van der Waals surface area contributed by atoms with E-state index >= 15 is 0 Å². The number of ether oxygens (including phenoxy) is 1. The molecule has 0 spiro atoms. The highest BCUT2D eigenvalue weighted by Crippen LogP contribution is 2.26. The van der Waals surface area contributed by atoms with Gasteiger partial charge in [-0.15, -0.1) is 0 Å². The van der Waals surface area contributed by atoms with Gasteiger partial charge in [0.05, 0.1) is 12.6 Å². The molecule has 1 amide bonds. The maximum Gasteiger partial charge on any atom is 0.220 e. The highest BCUT2D eigenvalue weighted by atomic mass is 16.5. The molecule has 1 aromatic rings. The largest absolute Gasteiger partial charge is 0.494 e. The molecule has 0 aliphatic carbocycles. The summed E-state index contributed by atoms with van der Waals surface area (Å²) in [5, 5.41) is 3.12. The Balaban J connectivity index is 2.00. The first-order valence-corrected chi connectivity index (χ1v) is 8.98. The molecule has 1 atom stereocenters. The third-order valence-corrected chi connectivity index (χ3v) is 4.41. The fourth-order valence-corrected chi connectivity index (χ4v) is 3.10. The van der Waals surface area contributed by atoms with Crippen LogP contribution in [0.15, 0.2) is 24.3 Å². The summed E-state index contributed by atoms with van der Waals surface area (Å²) in [6.45, 7) is 7.71. The summed E-state index contributed by atoms with van der Waals surface area (Å²) >= 11 is 0. The van der Waals surface area contributed by atoms with Gasteiger partial charge >= 0.3 is 0 Å². The van der Waals surface area contributed by atoms with E-state index in [1.54, 1.807) is 0 Å². The van der Waals surface area contributed by atoms with Crippen LogP contribution in [0, 0.1) is 0 Å². The molecule has 1 aromatic carbocycles. The Labute approximate surface area is 140 Å². The lowest BCUT2D eigenvalue weighted by Gasteiger charge is -2.28. The minimum Gasteiger partial charge on any atom is -0.494 e. The molecule has 1 aliphatic heterocycles. The number of nitrogens with zero attached hydrogens (tertiary/aromatic N) is 1. The molecule has 0 radical (unpaired) electrons. The van der Waals surface area contributed by atoms with Crippen molar-refractivity contribution >= 4 is 5.91 Å². The third kappa shape index (κ3) is 5.54. The Morgan fingerprint density at radius 1 is 1.22 bits per heavy atom. The van der Waals surface area contributed by atoms with Gasteiger partial charge in [-0.05, 0) is 57.0 Å². The fourth-order valence-electron chi connectivity index (χ4n) is 3.10. The maximum atomic E-state index is 11.9. The van der Waals surface area contributed by atoms with Gasteiger partial charge in [0.2, 0.25) is 5.91 Å². The summed E-state index contributed by atoms with van der Waals surface area (Å²) < 4.78 is 5.53. The second-order valence-electron chi connectivity index (χ2n) is 6.17. The van der Waals surface area contributed by atoms with Gasteiger partial charge in [-0.3, -0.25) is 9.69 Å². The number of hydrogen-bond donors (Lipinski definition) is 1. The second-order valence-corrected chi connectivity index (χ2v) is 6.17. The van der Waals surface area contributed by atoms with Crippen LogP contribution in [0.5, 0.6) is 5.75 Å². The van der Waals surface area contributed by atoms with Gasteiger partial charge in [0.25, 0.3) is 0 Å². The van der Waals surface area contributed by atoms with Crippen LogP contribution in [0.25, 0.3) is 0 Å². The van der Waals surface area contributed by atoms with Crippen molar-refractivity contribution in [3.8, 4) is 5.75 Å². The molecule has 0 saturated carbocycles. The van der Waals surface area contributed by atoms with Crippen LogP contribution >= 0.6 is 0 Å². The number of rotatable bonds is 9. The average Bonchev–Trinajstić information content (AvgIpc) is 3.09. The number of hydrogen-bond acceptors (Lipinski definition) is 3.